The van der Waals surface area contributed by atoms with Gasteiger partial charge < -0.3 is 9.30 Å². The molecule has 0 saturated carbocycles. The van der Waals surface area contributed by atoms with E-state index >= 15 is 0 Å². The number of benzene rings is 2. The fourth-order valence-corrected chi connectivity index (χ4v) is 3.64. The second-order valence-electron chi connectivity index (χ2n) is 6.84. The molecule has 1 atom stereocenters. The normalized spacial score (nSPS) is 13.5. The summed E-state index contributed by atoms with van der Waals surface area (Å²) in [4.78, 5) is 4.14. The molecule has 1 unspecified atom stereocenters. The van der Waals surface area contributed by atoms with Gasteiger partial charge in [0.2, 0.25) is 0 Å². The molecule has 27 heavy (non-hydrogen) atoms. The van der Waals surface area contributed by atoms with Gasteiger partial charge in [-0.05, 0) is 55.2 Å². The van der Waals surface area contributed by atoms with Crippen molar-refractivity contribution in [2.45, 2.75) is 38.5 Å². The monoisotopic (exact) mass is 466 g/mol. The van der Waals surface area contributed by atoms with E-state index in [0.717, 1.165) is 29.4 Å². The molecule has 0 N–H and O–H groups in total. The molecular weight excluding hydrogens is 447 g/mol. The summed E-state index contributed by atoms with van der Waals surface area (Å²) in [6.45, 7) is 3.28. The molecule has 2 aromatic carbocycles. The SMILES string of the molecule is CC(CCc1ccc(Br)cc1)(Cn1ccnc1)OCc1ccc(Cl)cc1Cl. The first kappa shape index (κ1) is 20.4. The van der Waals surface area contributed by atoms with E-state index in [1.165, 1.54) is 5.56 Å². The molecule has 142 valence electrons. The molecular formula is C21H21BrCl2N2O. The Morgan fingerprint density at radius 2 is 1.93 bits per heavy atom. The van der Waals surface area contributed by atoms with Gasteiger partial charge in [-0.2, -0.15) is 0 Å². The van der Waals surface area contributed by atoms with Crippen molar-refractivity contribution in [1.29, 1.82) is 0 Å². The molecule has 6 heteroatoms. The van der Waals surface area contributed by atoms with Gasteiger partial charge in [0.25, 0.3) is 0 Å². The lowest BCUT2D eigenvalue weighted by Crippen LogP contribution is -2.34. The predicted molar refractivity (Wildman–Crippen MR) is 114 cm³/mol. The van der Waals surface area contributed by atoms with E-state index in [-0.39, 0.29) is 5.60 Å². The summed E-state index contributed by atoms with van der Waals surface area (Å²) in [5.41, 5.74) is 1.85. The van der Waals surface area contributed by atoms with E-state index in [0.29, 0.717) is 16.7 Å². The molecule has 0 aliphatic carbocycles. The fraction of sp³-hybridized carbons (Fsp3) is 0.286. The number of ether oxygens (including phenoxy) is 1. The van der Waals surface area contributed by atoms with Gasteiger partial charge >= 0.3 is 0 Å². The van der Waals surface area contributed by atoms with Crippen molar-refractivity contribution in [1.82, 2.24) is 9.55 Å². The maximum atomic E-state index is 6.37. The summed E-state index contributed by atoms with van der Waals surface area (Å²) < 4.78 is 9.50. The van der Waals surface area contributed by atoms with Gasteiger partial charge in [-0.3, -0.25) is 0 Å². The first-order valence-electron chi connectivity index (χ1n) is 8.72. The lowest BCUT2D eigenvalue weighted by molar-refractivity contribution is -0.0602. The zero-order valence-corrected chi connectivity index (χ0v) is 18.1. The molecule has 1 aromatic heterocycles. The summed E-state index contributed by atoms with van der Waals surface area (Å²) in [7, 11) is 0. The van der Waals surface area contributed by atoms with Gasteiger partial charge in [-0.25, -0.2) is 4.98 Å². The van der Waals surface area contributed by atoms with Crippen molar-refractivity contribution >= 4 is 39.1 Å². The zero-order chi connectivity index (χ0) is 19.3. The second-order valence-corrected chi connectivity index (χ2v) is 8.60. The van der Waals surface area contributed by atoms with Crippen LogP contribution in [0.4, 0.5) is 0 Å². The average molecular weight is 468 g/mol. The Kier molecular flexibility index (Phi) is 6.99. The van der Waals surface area contributed by atoms with Gasteiger partial charge in [-0.1, -0.05) is 57.3 Å². The minimum Gasteiger partial charge on any atom is -0.369 e. The Morgan fingerprint density at radius 3 is 2.59 bits per heavy atom. The van der Waals surface area contributed by atoms with Crippen LogP contribution in [0.15, 0.2) is 65.7 Å². The molecule has 0 fully saturated rings. The van der Waals surface area contributed by atoms with Crippen LogP contribution in [0, 0.1) is 0 Å². The second kappa shape index (κ2) is 9.24. The van der Waals surface area contributed by atoms with E-state index in [4.69, 9.17) is 27.9 Å². The van der Waals surface area contributed by atoms with Gasteiger partial charge in [-0.15, -0.1) is 0 Å². The van der Waals surface area contributed by atoms with Crippen LogP contribution in [0.3, 0.4) is 0 Å². The van der Waals surface area contributed by atoms with Crippen molar-refractivity contribution in [2.24, 2.45) is 0 Å². The van der Waals surface area contributed by atoms with Gasteiger partial charge in [0.1, 0.15) is 0 Å². The first-order chi connectivity index (χ1) is 12.9. The van der Waals surface area contributed by atoms with E-state index in [1.807, 2.05) is 29.2 Å². The number of hydrogen-bond donors (Lipinski definition) is 0. The van der Waals surface area contributed by atoms with Gasteiger partial charge in [0.05, 0.1) is 25.1 Å². The number of imidazole rings is 1. The molecule has 0 bridgehead atoms. The minimum absolute atomic E-state index is 0.364. The highest BCUT2D eigenvalue weighted by Gasteiger charge is 2.26. The summed E-state index contributed by atoms with van der Waals surface area (Å²) in [5.74, 6) is 0. The molecule has 3 nitrogen and oxygen atoms in total. The zero-order valence-electron chi connectivity index (χ0n) is 15.0. The van der Waals surface area contributed by atoms with Crippen molar-refractivity contribution in [3.05, 3.63) is 86.8 Å². The summed E-state index contributed by atoms with van der Waals surface area (Å²) in [6.07, 6.45) is 7.35. The molecule has 1 heterocycles. The van der Waals surface area contributed by atoms with Crippen molar-refractivity contribution in [3.8, 4) is 0 Å². The minimum atomic E-state index is -0.364. The number of aromatic nitrogens is 2. The van der Waals surface area contributed by atoms with Crippen LogP contribution in [-0.4, -0.2) is 15.2 Å². The maximum absolute atomic E-state index is 6.37. The van der Waals surface area contributed by atoms with Crippen LogP contribution in [0.1, 0.15) is 24.5 Å². The molecule has 3 rings (SSSR count). The fourth-order valence-electron chi connectivity index (χ4n) is 2.91. The van der Waals surface area contributed by atoms with Crippen LogP contribution in [0.2, 0.25) is 10.0 Å². The van der Waals surface area contributed by atoms with E-state index < -0.39 is 0 Å². The van der Waals surface area contributed by atoms with E-state index in [1.54, 1.807) is 12.3 Å². The molecule has 3 aromatic rings. The largest absolute Gasteiger partial charge is 0.369 e. The third-order valence-corrected chi connectivity index (χ3v) is 5.64. The van der Waals surface area contributed by atoms with Crippen molar-refractivity contribution in [2.75, 3.05) is 0 Å². The highest BCUT2D eigenvalue weighted by Crippen LogP contribution is 2.27. The summed E-state index contributed by atoms with van der Waals surface area (Å²) in [6, 6.07) is 13.9. The Labute approximate surface area is 178 Å². The quantitative estimate of drug-likeness (QED) is 0.375. The van der Waals surface area contributed by atoms with Crippen LogP contribution in [-0.2, 0) is 24.3 Å². The summed E-state index contributed by atoms with van der Waals surface area (Å²) in [5, 5.41) is 1.25. The highest BCUT2D eigenvalue weighted by molar-refractivity contribution is 9.10. The smallest absolute Gasteiger partial charge is 0.0946 e. The van der Waals surface area contributed by atoms with Crippen LogP contribution >= 0.6 is 39.1 Å². The van der Waals surface area contributed by atoms with Crippen LogP contribution in [0.5, 0.6) is 0 Å². The number of halogens is 3. The van der Waals surface area contributed by atoms with E-state index in [9.17, 15) is 0 Å². The van der Waals surface area contributed by atoms with E-state index in [2.05, 4.69) is 52.1 Å². The van der Waals surface area contributed by atoms with Gasteiger partial charge in [0.15, 0.2) is 0 Å². The Bertz CT molecular complexity index is 868. The topological polar surface area (TPSA) is 27.1 Å². The predicted octanol–water partition coefficient (Wildman–Crippen LogP) is 6.56. The molecule has 0 amide bonds. The maximum Gasteiger partial charge on any atom is 0.0946 e. The standard InChI is InChI=1S/C21H21BrCl2N2O/c1-21(14-26-11-10-25-15-26,9-8-16-2-5-18(22)6-3-16)27-13-17-4-7-19(23)12-20(17)24/h2-7,10-12,15H,8-9,13-14H2,1H3. The highest BCUT2D eigenvalue weighted by atomic mass is 79.9. The molecule has 0 aliphatic rings. The Hall–Kier alpha value is -1.33. The third kappa shape index (κ3) is 6.08. The van der Waals surface area contributed by atoms with Crippen molar-refractivity contribution in [3.63, 3.8) is 0 Å². The Morgan fingerprint density at radius 1 is 1.15 bits per heavy atom. The Balaban J connectivity index is 1.71. The molecule has 0 saturated heterocycles. The first-order valence-corrected chi connectivity index (χ1v) is 10.3. The van der Waals surface area contributed by atoms with Crippen LogP contribution in [0.25, 0.3) is 0 Å². The summed E-state index contributed by atoms with van der Waals surface area (Å²) >= 11 is 15.8. The number of hydrogen-bond acceptors (Lipinski definition) is 2. The average Bonchev–Trinajstić information content (AvgIpc) is 3.13. The third-order valence-electron chi connectivity index (χ3n) is 4.52. The van der Waals surface area contributed by atoms with Crippen molar-refractivity contribution < 1.29 is 4.74 Å². The molecule has 0 aliphatic heterocycles. The van der Waals surface area contributed by atoms with Gasteiger partial charge in [0, 0.05) is 26.9 Å². The number of aryl methyl sites for hydroxylation is 1. The lowest BCUT2D eigenvalue weighted by atomic mass is 9.96. The van der Waals surface area contributed by atoms with Crippen LogP contribution < -0.4 is 0 Å². The molecule has 0 spiro atoms. The lowest BCUT2D eigenvalue weighted by Gasteiger charge is -2.31. The number of nitrogens with zero attached hydrogens (tertiary/aromatic N) is 2. The number of rotatable bonds is 8. The molecule has 0 radical (unpaired) electrons.